The molecule has 28 heavy (non-hydrogen) atoms. The lowest BCUT2D eigenvalue weighted by atomic mass is 10.2. The van der Waals surface area contributed by atoms with Crippen LogP contribution in [-0.2, 0) is 0 Å². The maximum Gasteiger partial charge on any atom is 0.339 e. The predicted octanol–water partition coefficient (Wildman–Crippen LogP) is 4.30. The molecule has 6 nitrogen and oxygen atoms in total. The Morgan fingerprint density at radius 2 is 1.46 bits per heavy atom. The van der Waals surface area contributed by atoms with E-state index >= 15 is 0 Å². The van der Waals surface area contributed by atoms with Crippen molar-refractivity contribution in [3.8, 4) is 11.5 Å². The highest BCUT2D eigenvalue weighted by atomic mass is 16.5. The molecule has 0 bridgehead atoms. The Bertz CT molecular complexity index is 899. The Balaban J connectivity index is 1.42. The molecule has 0 aliphatic carbocycles. The summed E-state index contributed by atoms with van der Waals surface area (Å²) in [4.78, 5) is 11.8. The van der Waals surface area contributed by atoms with E-state index in [2.05, 4.69) is 15.8 Å². The van der Waals surface area contributed by atoms with Crippen LogP contribution in [0.25, 0.3) is 0 Å². The van der Waals surface area contributed by atoms with Crippen molar-refractivity contribution in [2.75, 3.05) is 18.5 Å². The highest BCUT2D eigenvalue weighted by Crippen LogP contribution is 2.13. The molecule has 0 aromatic heterocycles. The van der Waals surface area contributed by atoms with E-state index < -0.39 is 6.03 Å². The highest BCUT2D eigenvalue weighted by molar-refractivity contribution is 5.90. The molecule has 3 aromatic carbocycles. The van der Waals surface area contributed by atoms with Gasteiger partial charge < -0.3 is 14.8 Å². The average Bonchev–Trinajstić information content (AvgIpc) is 2.73. The lowest BCUT2D eigenvalue weighted by molar-refractivity contribution is 0.217. The van der Waals surface area contributed by atoms with Crippen molar-refractivity contribution in [3.05, 3.63) is 90.5 Å². The Morgan fingerprint density at radius 3 is 2.21 bits per heavy atom. The Hall–Kier alpha value is -3.80. The zero-order valence-corrected chi connectivity index (χ0v) is 15.2. The SMILES string of the molecule is O=C(NN=Cc1cccc(OCCOc2ccccc2)c1)Nc1ccccc1. The number of nitrogens with one attached hydrogen (secondary N) is 2. The van der Waals surface area contributed by atoms with Crippen LogP contribution in [0.2, 0.25) is 0 Å². The fourth-order valence-electron chi connectivity index (χ4n) is 2.37. The van der Waals surface area contributed by atoms with Gasteiger partial charge >= 0.3 is 6.03 Å². The molecule has 0 saturated heterocycles. The Labute approximate surface area is 163 Å². The molecule has 3 rings (SSSR count). The number of carbonyl (C=O) groups excluding carboxylic acids is 1. The van der Waals surface area contributed by atoms with Crippen molar-refractivity contribution in [3.63, 3.8) is 0 Å². The smallest absolute Gasteiger partial charge is 0.339 e. The first-order chi connectivity index (χ1) is 13.8. The van der Waals surface area contributed by atoms with Crippen molar-refractivity contribution in [2.45, 2.75) is 0 Å². The summed E-state index contributed by atoms with van der Waals surface area (Å²) in [6.07, 6.45) is 1.55. The van der Waals surface area contributed by atoms with Crippen LogP contribution in [0.5, 0.6) is 11.5 Å². The number of benzene rings is 3. The number of anilines is 1. The van der Waals surface area contributed by atoms with E-state index in [1.165, 1.54) is 0 Å². The molecule has 0 unspecified atom stereocenters. The van der Waals surface area contributed by atoms with Crippen LogP contribution >= 0.6 is 0 Å². The van der Waals surface area contributed by atoms with Gasteiger partial charge in [-0.15, -0.1) is 0 Å². The van der Waals surface area contributed by atoms with Crippen molar-refractivity contribution in [1.29, 1.82) is 0 Å². The summed E-state index contributed by atoms with van der Waals surface area (Å²) in [5, 5.41) is 6.63. The van der Waals surface area contributed by atoms with E-state index in [0.29, 0.717) is 24.7 Å². The van der Waals surface area contributed by atoms with Crippen LogP contribution in [0.3, 0.4) is 0 Å². The number of amides is 2. The van der Waals surface area contributed by atoms with Gasteiger partial charge in [-0.05, 0) is 42.0 Å². The van der Waals surface area contributed by atoms with E-state index in [4.69, 9.17) is 9.47 Å². The first kappa shape index (κ1) is 19.0. The van der Waals surface area contributed by atoms with Gasteiger partial charge in [-0.25, -0.2) is 10.2 Å². The third kappa shape index (κ3) is 6.49. The number of carbonyl (C=O) groups is 1. The van der Waals surface area contributed by atoms with E-state index in [1.54, 1.807) is 18.3 Å². The van der Waals surface area contributed by atoms with Gasteiger partial charge in [-0.2, -0.15) is 5.10 Å². The number of hydrogen-bond acceptors (Lipinski definition) is 4. The fourth-order valence-corrected chi connectivity index (χ4v) is 2.37. The van der Waals surface area contributed by atoms with Crippen LogP contribution in [0.4, 0.5) is 10.5 Å². The zero-order valence-electron chi connectivity index (χ0n) is 15.2. The monoisotopic (exact) mass is 375 g/mol. The maximum absolute atomic E-state index is 11.8. The topological polar surface area (TPSA) is 72.0 Å². The molecule has 0 radical (unpaired) electrons. The summed E-state index contributed by atoms with van der Waals surface area (Å²) in [5.74, 6) is 1.51. The van der Waals surface area contributed by atoms with Crippen molar-refractivity contribution < 1.29 is 14.3 Å². The summed E-state index contributed by atoms with van der Waals surface area (Å²) in [7, 11) is 0. The second-order valence-electron chi connectivity index (χ2n) is 5.77. The summed E-state index contributed by atoms with van der Waals surface area (Å²) < 4.78 is 11.3. The van der Waals surface area contributed by atoms with E-state index in [9.17, 15) is 4.79 Å². The van der Waals surface area contributed by atoms with Gasteiger partial charge in [0, 0.05) is 5.69 Å². The van der Waals surface area contributed by atoms with Crippen LogP contribution < -0.4 is 20.2 Å². The molecule has 0 heterocycles. The molecule has 0 saturated carbocycles. The summed E-state index contributed by atoms with van der Waals surface area (Å²) in [6.45, 7) is 0.872. The molecular weight excluding hydrogens is 354 g/mol. The van der Waals surface area contributed by atoms with Crippen LogP contribution in [0.1, 0.15) is 5.56 Å². The van der Waals surface area contributed by atoms with E-state index in [1.807, 2.05) is 72.8 Å². The normalized spacial score (nSPS) is 10.4. The molecule has 6 heteroatoms. The number of hydrogen-bond donors (Lipinski definition) is 2. The van der Waals surface area contributed by atoms with Crippen molar-refractivity contribution >= 4 is 17.9 Å². The van der Waals surface area contributed by atoms with Gasteiger partial charge in [0.1, 0.15) is 24.7 Å². The third-order valence-electron chi connectivity index (χ3n) is 3.63. The minimum atomic E-state index is -0.409. The van der Waals surface area contributed by atoms with Gasteiger partial charge in [0.15, 0.2) is 0 Å². The second-order valence-corrected chi connectivity index (χ2v) is 5.77. The van der Waals surface area contributed by atoms with E-state index in [0.717, 1.165) is 11.3 Å². The standard InChI is InChI=1S/C22H21N3O3/c26-22(24-19-9-3-1-4-10-19)25-23-17-18-8-7-13-21(16-18)28-15-14-27-20-11-5-2-6-12-20/h1-13,16-17H,14-15H2,(H2,24,25,26). The van der Waals surface area contributed by atoms with Crippen LogP contribution in [0, 0.1) is 0 Å². The van der Waals surface area contributed by atoms with Gasteiger partial charge in [-0.1, -0.05) is 48.5 Å². The van der Waals surface area contributed by atoms with Gasteiger partial charge in [0.2, 0.25) is 0 Å². The van der Waals surface area contributed by atoms with Gasteiger partial charge in [-0.3, -0.25) is 0 Å². The summed E-state index contributed by atoms with van der Waals surface area (Å²) in [5.41, 5.74) is 3.93. The maximum atomic E-state index is 11.8. The molecule has 0 fully saturated rings. The molecule has 0 spiro atoms. The number of hydrazone groups is 1. The number of nitrogens with zero attached hydrogens (tertiary/aromatic N) is 1. The predicted molar refractivity (Wildman–Crippen MR) is 110 cm³/mol. The lowest BCUT2D eigenvalue weighted by Gasteiger charge is -2.08. The third-order valence-corrected chi connectivity index (χ3v) is 3.63. The Kier molecular flexibility index (Phi) is 7.03. The molecule has 2 amide bonds. The minimum Gasteiger partial charge on any atom is -0.490 e. The van der Waals surface area contributed by atoms with Gasteiger partial charge in [0.05, 0.1) is 6.21 Å². The fraction of sp³-hybridized carbons (Fsp3) is 0.0909. The molecular formula is C22H21N3O3. The lowest BCUT2D eigenvalue weighted by Crippen LogP contribution is -2.24. The largest absolute Gasteiger partial charge is 0.490 e. The van der Waals surface area contributed by atoms with Crippen LogP contribution in [-0.4, -0.2) is 25.5 Å². The molecule has 142 valence electrons. The molecule has 2 N–H and O–H groups in total. The van der Waals surface area contributed by atoms with Crippen molar-refractivity contribution in [2.24, 2.45) is 5.10 Å². The average molecular weight is 375 g/mol. The molecule has 0 aliphatic heterocycles. The van der Waals surface area contributed by atoms with Gasteiger partial charge in [0.25, 0.3) is 0 Å². The number of rotatable bonds is 8. The molecule has 3 aromatic rings. The minimum absolute atomic E-state index is 0.409. The van der Waals surface area contributed by atoms with Crippen molar-refractivity contribution in [1.82, 2.24) is 5.43 Å². The first-order valence-corrected chi connectivity index (χ1v) is 8.85. The number of ether oxygens (including phenoxy) is 2. The summed E-state index contributed by atoms with van der Waals surface area (Å²) >= 11 is 0. The molecule has 0 aliphatic rings. The first-order valence-electron chi connectivity index (χ1n) is 8.85. The van der Waals surface area contributed by atoms with Crippen LogP contribution in [0.15, 0.2) is 90.0 Å². The van der Waals surface area contributed by atoms with E-state index in [-0.39, 0.29) is 0 Å². The number of para-hydroxylation sites is 2. The molecule has 0 atom stereocenters. The number of urea groups is 1. The Morgan fingerprint density at radius 1 is 0.821 bits per heavy atom. The highest BCUT2D eigenvalue weighted by Gasteiger charge is 1.99. The second kappa shape index (κ2) is 10.4. The quantitative estimate of drug-likeness (QED) is 0.350. The summed E-state index contributed by atoms with van der Waals surface area (Å²) in [6, 6.07) is 25.8. The zero-order chi connectivity index (χ0) is 19.4.